The lowest BCUT2D eigenvalue weighted by molar-refractivity contribution is 0.101. The van der Waals surface area contributed by atoms with Gasteiger partial charge >= 0.3 is 0 Å². The molecule has 1 aromatic heterocycles. The normalized spacial score (nSPS) is 10.5. The van der Waals surface area contributed by atoms with E-state index >= 15 is 0 Å². The molecule has 0 radical (unpaired) electrons. The minimum Gasteiger partial charge on any atom is -0.507 e. The maximum atomic E-state index is 12.4. The second-order valence-corrected chi connectivity index (χ2v) is 4.47. The second kappa shape index (κ2) is 4.72. The van der Waals surface area contributed by atoms with Crippen LogP contribution in [0.5, 0.6) is 5.75 Å². The molecule has 0 unspecified atom stereocenters. The fraction of sp³-hybridized carbons (Fsp3) is 0.200. The summed E-state index contributed by atoms with van der Waals surface area (Å²) in [6.45, 7) is 4.71. The molecule has 4 nitrogen and oxygen atoms in total. The number of Topliss-reactive ketones (excluding diaryl/α,β-unsaturated/α-hetero) is 1. The van der Waals surface area contributed by atoms with Gasteiger partial charge in [0.2, 0.25) is 0 Å². The highest BCUT2D eigenvalue weighted by Crippen LogP contribution is 2.24. The number of aromatic nitrogens is 1. The third kappa shape index (κ3) is 2.05. The first-order valence-electron chi connectivity index (χ1n) is 5.96. The molecule has 2 rings (SSSR count). The van der Waals surface area contributed by atoms with E-state index in [0.717, 1.165) is 0 Å². The molecule has 19 heavy (non-hydrogen) atoms. The van der Waals surface area contributed by atoms with Crippen molar-refractivity contribution in [3.8, 4) is 11.4 Å². The van der Waals surface area contributed by atoms with E-state index in [-0.39, 0.29) is 11.3 Å². The van der Waals surface area contributed by atoms with Crippen molar-refractivity contribution in [3.63, 3.8) is 0 Å². The van der Waals surface area contributed by atoms with Crippen molar-refractivity contribution in [1.29, 1.82) is 0 Å². The topological polar surface area (TPSA) is 59.3 Å². The smallest absolute Gasteiger partial charge is 0.269 e. The van der Waals surface area contributed by atoms with Crippen molar-refractivity contribution in [2.75, 3.05) is 0 Å². The number of benzene rings is 1. The van der Waals surface area contributed by atoms with Gasteiger partial charge in [-0.3, -0.25) is 14.2 Å². The second-order valence-electron chi connectivity index (χ2n) is 4.47. The van der Waals surface area contributed by atoms with E-state index in [0.29, 0.717) is 16.9 Å². The molecule has 1 N–H and O–H groups in total. The Bertz CT molecular complexity index is 700. The molecule has 1 heterocycles. The van der Waals surface area contributed by atoms with E-state index in [4.69, 9.17) is 0 Å². The number of ketones is 1. The third-order valence-electron chi connectivity index (χ3n) is 3.25. The summed E-state index contributed by atoms with van der Waals surface area (Å²) < 4.78 is 1.45. The Kier molecular flexibility index (Phi) is 3.25. The van der Waals surface area contributed by atoms with Gasteiger partial charge in [0.1, 0.15) is 11.3 Å². The molecule has 0 aliphatic heterocycles. The Morgan fingerprint density at radius 1 is 1.16 bits per heavy atom. The van der Waals surface area contributed by atoms with E-state index in [1.807, 2.05) is 18.2 Å². The van der Waals surface area contributed by atoms with Gasteiger partial charge in [-0.2, -0.15) is 0 Å². The van der Waals surface area contributed by atoms with Crippen molar-refractivity contribution in [2.45, 2.75) is 20.8 Å². The molecule has 0 fully saturated rings. The van der Waals surface area contributed by atoms with Crippen LogP contribution in [0.15, 0.2) is 35.1 Å². The molecule has 0 spiro atoms. The third-order valence-corrected chi connectivity index (χ3v) is 3.25. The van der Waals surface area contributed by atoms with E-state index < -0.39 is 11.3 Å². The summed E-state index contributed by atoms with van der Waals surface area (Å²) in [7, 11) is 0. The zero-order chi connectivity index (χ0) is 14.2. The van der Waals surface area contributed by atoms with Gasteiger partial charge in [-0.05, 0) is 32.9 Å². The van der Waals surface area contributed by atoms with Crippen LogP contribution in [0, 0.1) is 13.8 Å². The number of rotatable bonds is 2. The fourth-order valence-electron chi connectivity index (χ4n) is 2.10. The molecular weight excluding hydrogens is 242 g/mol. The predicted molar refractivity (Wildman–Crippen MR) is 73.2 cm³/mol. The minimum atomic E-state index is -0.487. The van der Waals surface area contributed by atoms with Crippen LogP contribution in [-0.2, 0) is 0 Å². The standard InChI is InChI=1S/C15H15NO3/c1-9-10(2)16(12-7-5-4-6-8-12)15(19)13(11(3)17)14(9)18/h4-8,18H,1-3H3. The maximum Gasteiger partial charge on any atom is 0.269 e. The monoisotopic (exact) mass is 257 g/mol. The van der Waals surface area contributed by atoms with E-state index in [1.54, 1.807) is 26.0 Å². The van der Waals surface area contributed by atoms with Crippen LogP contribution in [0.3, 0.4) is 0 Å². The van der Waals surface area contributed by atoms with Gasteiger partial charge in [0, 0.05) is 16.9 Å². The number of nitrogens with zero attached hydrogens (tertiary/aromatic N) is 1. The van der Waals surface area contributed by atoms with Crippen LogP contribution in [0.25, 0.3) is 5.69 Å². The van der Waals surface area contributed by atoms with E-state index in [2.05, 4.69) is 0 Å². The molecule has 0 aliphatic carbocycles. The molecule has 4 heteroatoms. The van der Waals surface area contributed by atoms with Crippen molar-refractivity contribution < 1.29 is 9.90 Å². The first-order valence-corrected chi connectivity index (χ1v) is 5.96. The Morgan fingerprint density at radius 3 is 2.26 bits per heavy atom. The van der Waals surface area contributed by atoms with Crippen molar-refractivity contribution in [2.24, 2.45) is 0 Å². The van der Waals surface area contributed by atoms with Crippen LogP contribution in [0.2, 0.25) is 0 Å². The van der Waals surface area contributed by atoms with Crippen molar-refractivity contribution in [3.05, 3.63) is 57.5 Å². The number of hydrogen-bond acceptors (Lipinski definition) is 3. The van der Waals surface area contributed by atoms with Crippen molar-refractivity contribution in [1.82, 2.24) is 4.57 Å². The van der Waals surface area contributed by atoms with Crippen molar-refractivity contribution >= 4 is 5.78 Å². The molecule has 0 saturated carbocycles. The summed E-state index contributed by atoms with van der Waals surface area (Å²) in [6, 6.07) is 9.06. The first kappa shape index (κ1) is 13.1. The summed E-state index contributed by atoms with van der Waals surface area (Å²) in [5, 5.41) is 9.97. The number of hydrogen-bond donors (Lipinski definition) is 1. The molecular formula is C15H15NO3. The van der Waals surface area contributed by atoms with Crippen LogP contribution < -0.4 is 5.56 Å². The average molecular weight is 257 g/mol. The molecule has 0 bridgehead atoms. The highest BCUT2D eigenvalue weighted by Gasteiger charge is 2.20. The Hall–Kier alpha value is -2.36. The molecule has 0 amide bonds. The Balaban J connectivity index is 2.90. The lowest BCUT2D eigenvalue weighted by Gasteiger charge is -2.15. The van der Waals surface area contributed by atoms with Gasteiger partial charge in [-0.1, -0.05) is 18.2 Å². The van der Waals surface area contributed by atoms with Gasteiger partial charge < -0.3 is 5.11 Å². The van der Waals surface area contributed by atoms with E-state index in [9.17, 15) is 14.7 Å². The molecule has 1 aromatic carbocycles. The number of pyridine rings is 1. The first-order chi connectivity index (χ1) is 8.95. The molecule has 2 aromatic rings. The zero-order valence-corrected chi connectivity index (χ0v) is 11.1. The SMILES string of the molecule is CC(=O)c1c(O)c(C)c(C)n(-c2ccccc2)c1=O. The highest BCUT2D eigenvalue weighted by atomic mass is 16.3. The predicted octanol–water partition coefficient (Wildman–Crippen LogP) is 2.36. The quantitative estimate of drug-likeness (QED) is 0.840. The minimum absolute atomic E-state index is 0.160. The van der Waals surface area contributed by atoms with Crippen LogP contribution in [0.4, 0.5) is 0 Å². The molecule has 0 saturated heterocycles. The lowest BCUT2D eigenvalue weighted by atomic mass is 10.1. The maximum absolute atomic E-state index is 12.4. The summed E-state index contributed by atoms with van der Waals surface area (Å²) in [6.07, 6.45) is 0. The fourth-order valence-corrected chi connectivity index (χ4v) is 2.10. The molecule has 98 valence electrons. The average Bonchev–Trinajstić information content (AvgIpc) is 2.37. The van der Waals surface area contributed by atoms with Gasteiger partial charge in [-0.15, -0.1) is 0 Å². The molecule has 0 atom stereocenters. The van der Waals surface area contributed by atoms with Crippen LogP contribution in [-0.4, -0.2) is 15.5 Å². The largest absolute Gasteiger partial charge is 0.507 e. The Labute approximate surface area is 110 Å². The molecule has 0 aliphatic rings. The number of para-hydroxylation sites is 1. The van der Waals surface area contributed by atoms with Crippen LogP contribution in [0.1, 0.15) is 28.5 Å². The number of aromatic hydroxyl groups is 1. The summed E-state index contributed by atoms with van der Waals surface area (Å²) in [4.78, 5) is 23.9. The summed E-state index contributed by atoms with van der Waals surface area (Å²) in [5.41, 5.74) is 1.19. The zero-order valence-electron chi connectivity index (χ0n) is 11.1. The van der Waals surface area contributed by atoms with Gasteiger partial charge in [0.25, 0.3) is 5.56 Å². The summed E-state index contributed by atoms with van der Waals surface area (Å²) >= 11 is 0. The number of carbonyl (C=O) groups is 1. The Morgan fingerprint density at radius 2 is 1.74 bits per heavy atom. The van der Waals surface area contributed by atoms with E-state index in [1.165, 1.54) is 11.5 Å². The summed E-state index contributed by atoms with van der Waals surface area (Å²) in [5.74, 6) is -0.655. The van der Waals surface area contributed by atoms with Gasteiger partial charge in [-0.25, -0.2) is 0 Å². The lowest BCUT2D eigenvalue weighted by Crippen LogP contribution is -2.27. The number of carbonyl (C=O) groups excluding carboxylic acids is 1. The van der Waals surface area contributed by atoms with Gasteiger partial charge in [0.05, 0.1) is 0 Å². The van der Waals surface area contributed by atoms with Gasteiger partial charge in [0.15, 0.2) is 5.78 Å². The highest BCUT2D eigenvalue weighted by molar-refractivity contribution is 5.96. The van der Waals surface area contributed by atoms with Crippen LogP contribution >= 0.6 is 0 Å².